The molecule has 1 aliphatic rings. The third-order valence-electron chi connectivity index (χ3n) is 4.40. The van der Waals surface area contributed by atoms with Crippen LogP contribution >= 0.6 is 11.8 Å². The summed E-state index contributed by atoms with van der Waals surface area (Å²) in [4.78, 5) is 24.5. The molecule has 1 fully saturated rings. The van der Waals surface area contributed by atoms with E-state index in [-0.39, 0.29) is 23.8 Å². The van der Waals surface area contributed by atoms with Gasteiger partial charge in [-0.05, 0) is 23.8 Å². The van der Waals surface area contributed by atoms with Crippen LogP contribution in [0.25, 0.3) is 0 Å². The number of amides is 1. The molecule has 156 valence electrons. The van der Waals surface area contributed by atoms with Crippen molar-refractivity contribution in [2.75, 3.05) is 38.3 Å². The molecule has 3 N–H and O–H groups in total. The van der Waals surface area contributed by atoms with Crippen LogP contribution in [0.2, 0.25) is 0 Å². The van der Waals surface area contributed by atoms with E-state index in [0.717, 1.165) is 24.6 Å². The van der Waals surface area contributed by atoms with Gasteiger partial charge in [-0.15, -0.1) is 0 Å². The molecule has 0 aromatic heterocycles. The highest BCUT2D eigenvalue weighted by Gasteiger charge is 2.22. The molecular formula is C21H25NO6S. The first-order valence-electron chi connectivity index (χ1n) is 9.09. The number of methoxy groups -OCH3 is 1. The Balaban J connectivity index is 0.000000234. The third-order valence-corrected chi connectivity index (χ3v) is 5.34. The molecule has 1 amide bonds. The molecule has 1 aliphatic heterocycles. The van der Waals surface area contributed by atoms with Gasteiger partial charge in [0.05, 0.1) is 19.3 Å². The molecule has 2 aromatic rings. The number of benzene rings is 2. The number of hydrogen-bond donors (Lipinski definition) is 3. The number of carbonyl (C=O) groups excluding carboxylic acids is 2. The highest BCUT2D eigenvalue weighted by Crippen LogP contribution is 2.24. The number of thioether (sulfide) groups is 1. The fourth-order valence-corrected chi connectivity index (χ4v) is 3.75. The van der Waals surface area contributed by atoms with E-state index in [9.17, 15) is 14.7 Å². The van der Waals surface area contributed by atoms with E-state index in [2.05, 4.69) is 0 Å². The van der Waals surface area contributed by atoms with Gasteiger partial charge in [-0.25, -0.2) is 0 Å². The molecule has 0 aliphatic carbocycles. The van der Waals surface area contributed by atoms with Crippen molar-refractivity contribution < 1.29 is 29.6 Å². The number of aliphatic hydroxyl groups is 2. The first-order valence-corrected chi connectivity index (χ1v) is 10.2. The van der Waals surface area contributed by atoms with E-state index in [1.165, 1.54) is 13.2 Å². The number of aldehydes is 1. The summed E-state index contributed by atoms with van der Waals surface area (Å²) in [5.41, 5.74) is 1.18. The number of phenols is 1. The highest BCUT2D eigenvalue weighted by molar-refractivity contribution is 7.99. The minimum Gasteiger partial charge on any atom is -0.507 e. The fourth-order valence-electron chi connectivity index (χ4n) is 2.85. The van der Waals surface area contributed by atoms with Crippen molar-refractivity contribution in [1.29, 1.82) is 0 Å². The van der Waals surface area contributed by atoms with E-state index >= 15 is 0 Å². The lowest BCUT2D eigenvalue weighted by atomic mass is 10.0. The Bertz CT molecular complexity index is 823. The van der Waals surface area contributed by atoms with Gasteiger partial charge in [0.15, 0.2) is 6.29 Å². The van der Waals surface area contributed by atoms with Crippen molar-refractivity contribution in [3.8, 4) is 11.5 Å². The maximum Gasteiger partial charge on any atom is 0.254 e. The predicted octanol–water partition coefficient (Wildman–Crippen LogP) is 2.11. The van der Waals surface area contributed by atoms with Gasteiger partial charge >= 0.3 is 0 Å². The fraction of sp³-hybridized carbons (Fsp3) is 0.333. The summed E-state index contributed by atoms with van der Waals surface area (Å²) < 4.78 is 4.83. The van der Waals surface area contributed by atoms with Crippen LogP contribution in [0.15, 0.2) is 42.5 Å². The number of rotatable bonds is 5. The molecule has 1 heterocycles. The summed E-state index contributed by atoms with van der Waals surface area (Å²) in [6, 6.07) is 11.6. The average Bonchev–Trinajstić information content (AvgIpc) is 2.78. The van der Waals surface area contributed by atoms with Crippen molar-refractivity contribution in [2.24, 2.45) is 0 Å². The van der Waals surface area contributed by atoms with Crippen molar-refractivity contribution in [1.82, 2.24) is 4.90 Å². The normalized spacial score (nSPS) is 14.4. The number of ether oxygens (including phenoxy) is 1. The Morgan fingerprint density at radius 1 is 1.21 bits per heavy atom. The van der Waals surface area contributed by atoms with Crippen LogP contribution in [0.5, 0.6) is 11.5 Å². The second-order valence-corrected chi connectivity index (χ2v) is 7.43. The molecular weight excluding hydrogens is 394 g/mol. The quantitative estimate of drug-likeness (QED) is 0.637. The zero-order valence-electron chi connectivity index (χ0n) is 16.2. The minimum absolute atomic E-state index is 0.0562. The first kappa shape index (κ1) is 22.7. The van der Waals surface area contributed by atoms with Gasteiger partial charge in [0.1, 0.15) is 17.6 Å². The van der Waals surface area contributed by atoms with Gasteiger partial charge in [-0.2, -0.15) is 11.8 Å². The van der Waals surface area contributed by atoms with E-state index in [1.807, 2.05) is 11.8 Å². The lowest BCUT2D eigenvalue weighted by Gasteiger charge is -2.27. The largest absolute Gasteiger partial charge is 0.507 e. The Morgan fingerprint density at radius 3 is 2.48 bits per heavy atom. The van der Waals surface area contributed by atoms with Crippen LogP contribution in [-0.2, 0) is 0 Å². The van der Waals surface area contributed by atoms with Gasteiger partial charge in [0, 0.05) is 30.2 Å². The molecule has 0 spiro atoms. The van der Waals surface area contributed by atoms with Crippen LogP contribution in [-0.4, -0.2) is 70.7 Å². The Kier molecular flexibility index (Phi) is 8.98. The molecule has 1 unspecified atom stereocenters. The van der Waals surface area contributed by atoms with Crippen molar-refractivity contribution in [3.05, 3.63) is 59.2 Å². The topological polar surface area (TPSA) is 107 Å². The van der Waals surface area contributed by atoms with Gasteiger partial charge in [0.2, 0.25) is 0 Å². The number of carbonyl (C=O) groups is 2. The van der Waals surface area contributed by atoms with Crippen LogP contribution in [0, 0.1) is 0 Å². The maximum absolute atomic E-state index is 12.4. The van der Waals surface area contributed by atoms with Crippen LogP contribution < -0.4 is 4.74 Å². The number of hydrogen-bond acceptors (Lipinski definition) is 7. The number of aliphatic hydroxyl groups excluding tert-OH is 2. The predicted molar refractivity (Wildman–Crippen MR) is 112 cm³/mol. The van der Waals surface area contributed by atoms with E-state index in [1.54, 1.807) is 41.3 Å². The minimum atomic E-state index is -0.996. The lowest BCUT2D eigenvalue weighted by molar-refractivity contribution is 0.0744. The third kappa shape index (κ3) is 5.96. The molecule has 0 radical (unpaired) electrons. The second-order valence-electron chi connectivity index (χ2n) is 6.20. The molecule has 29 heavy (non-hydrogen) atoms. The highest BCUT2D eigenvalue weighted by atomic mass is 32.2. The van der Waals surface area contributed by atoms with Gasteiger partial charge < -0.3 is 25.0 Å². The average molecular weight is 419 g/mol. The van der Waals surface area contributed by atoms with Crippen LogP contribution in [0.4, 0.5) is 0 Å². The van der Waals surface area contributed by atoms with Gasteiger partial charge in [0.25, 0.3) is 5.91 Å². The summed E-state index contributed by atoms with van der Waals surface area (Å²) in [7, 11) is 1.45. The summed E-state index contributed by atoms with van der Waals surface area (Å²) in [6.07, 6.45) is -0.432. The summed E-state index contributed by atoms with van der Waals surface area (Å²) in [5, 5.41) is 27.9. The number of nitrogens with zero attached hydrogens (tertiary/aromatic N) is 1. The number of phenolic OH excluding ortho intramolecular Hbond substituents is 1. The van der Waals surface area contributed by atoms with E-state index in [0.29, 0.717) is 23.2 Å². The van der Waals surface area contributed by atoms with E-state index < -0.39 is 6.10 Å². The standard InChI is InChI=1S/C13H17NO3S.C8H8O3/c15-9-12(16)10-3-1-2-4-11(10)13(17)14-5-7-18-8-6-14;1-11-8-4-2-3-7(10)6(8)5-9/h1-4,12,15-16H,5-9H2;2-5,10H,1H3. The van der Waals surface area contributed by atoms with Crippen molar-refractivity contribution in [2.45, 2.75) is 6.10 Å². The lowest BCUT2D eigenvalue weighted by Crippen LogP contribution is -2.38. The van der Waals surface area contributed by atoms with E-state index in [4.69, 9.17) is 14.9 Å². The van der Waals surface area contributed by atoms with Crippen molar-refractivity contribution >= 4 is 24.0 Å². The summed E-state index contributed by atoms with van der Waals surface area (Å²) >= 11 is 1.84. The van der Waals surface area contributed by atoms with Crippen molar-refractivity contribution in [3.63, 3.8) is 0 Å². The molecule has 0 bridgehead atoms. The van der Waals surface area contributed by atoms with Gasteiger partial charge in [-0.3, -0.25) is 9.59 Å². The molecule has 1 saturated heterocycles. The molecule has 7 nitrogen and oxygen atoms in total. The molecule has 2 aromatic carbocycles. The molecule has 8 heteroatoms. The SMILES string of the molecule is COc1cccc(O)c1C=O.O=C(c1ccccc1C(O)CO)N1CCSCC1. The summed E-state index contributed by atoms with van der Waals surface area (Å²) in [5.74, 6) is 2.19. The monoisotopic (exact) mass is 419 g/mol. The van der Waals surface area contributed by atoms with Crippen LogP contribution in [0.3, 0.4) is 0 Å². The molecule has 0 saturated carbocycles. The molecule has 3 rings (SSSR count). The molecule has 1 atom stereocenters. The Morgan fingerprint density at radius 2 is 1.90 bits per heavy atom. The first-order chi connectivity index (χ1) is 14.0. The Labute approximate surface area is 173 Å². The zero-order chi connectivity index (χ0) is 21.2. The maximum atomic E-state index is 12.4. The summed E-state index contributed by atoms with van der Waals surface area (Å²) in [6.45, 7) is 1.11. The number of aromatic hydroxyl groups is 1. The zero-order valence-corrected chi connectivity index (χ0v) is 17.0. The van der Waals surface area contributed by atoms with Gasteiger partial charge in [-0.1, -0.05) is 24.3 Å². The Hall–Kier alpha value is -2.55. The smallest absolute Gasteiger partial charge is 0.254 e. The second kappa shape index (κ2) is 11.5. The van der Waals surface area contributed by atoms with Crippen LogP contribution in [0.1, 0.15) is 32.4 Å².